The first kappa shape index (κ1) is 12.9. The summed E-state index contributed by atoms with van der Waals surface area (Å²) in [6.07, 6.45) is 2.80. The molecule has 0 spiro atoms. The largest absolute Gasteiger partial charge is 0.508 e. The highest BCUT2D eigenvalue weighted by atomic mass is 16.3. The lowest BCUT2D eigenvalue weighted by molar-refractivity contribution is 0.458. The van der Waals surface area contributed by atoms with Gasteiger partial charge in [0.2, 0.25) is 0 Å². The summed E-state index contributed by atoms with van der Waals surface area (Å²) in [6, 6.07) is 11.5. The van der Waals surface area contributed by atoms with Gasteiger partial charge in [0.25, 0.3) is 0 Å². The molecule has 2 rings (SSSR count). The molecule has 0 fully saturated rings. The first-order valence-corrected chi connectivity index (χ1v) is 6.40. The van der Waals surface area contributed by atoms with Crippen molar-refractivity contribution >= 4 is 10.8 Å². The number of aromatic hydroxyl groups is 1. The summed E-state index contributed by atoms with van der Waals surface area (Å²) in [5.41, 5.74) is 12.5. The van der Waals surface area contributed by atoms with Crippen LogP contribution >= 0.6 is 0 Å². The third-order valence-corrected chi connectivity index (χ3v) is 3.29. The predicted molar refractivity (Wildman–Crippen MR) is 75.4 cm³/mol. The molecule has 0 aliphatic carbocycles. The van der Waals surface area contributed by atoms with E-state index in [0.717, 1.165) is 35.6 Å². The maximum Gasteiger partial charge on any atom is 0.120 e. The van der Waals surface area contributed by atoms with Crippen molar-refractivity contribution in [1.82, 2.24) is 0 Å². The minimum atomic E-state index is -0.136. The van der Waals surface area contributed by atoms with Gasteiger partial charge < -0.3 is 16.6 Å². The Morgan fingerprint density at radius 3 is 2.61 bits per heavy atom. The number of hydrogen-bond donors (Lipinski definition) is 3. The minimum absolute atomic E-state index is 0.136. The molecule has 0 aliphatic rings. The van der Waals surface area contributed by atoms with Crippen LogP contribution < -0.4 is 11.5 Å². The van der Waals surface area contributed by atoms with E-state index in [0.29, 0.717) is 6.54 Å². The normalized spacial score (nSPS) is 12.8. The molecule has 0 heterocycles. The molecule has 0 unspecified atom stereocenters. The van der Waals surface area contributed by atoms with Gasteiger partial charge in [-0.25, -0.2) is 0 Å². The van der Waals surface area contributed by atoms with Gasteiger partial charge >= 0.3 is 0 Å². The first-order valence-electron chi connectivity index (χ1n) is 6.40. The van der Waals surface area contributed by atoms with Crippen molar-refractivity contribution in [1.29, 1.82) is 0 Å². The van der Waals surface area contributed by atoms with Crippen molar-refractivity contribution in [2.24, 2.45) is 11.5 Å². The Morgan fingerprint density at radius 2 is 1.83 bits per heavy atom. The maximum atomic E-state index is 10.0. The van der Waals surface area contributed by atoms with E-state index in [4.69, 9.17) is 11.5 Å². The van der Waals surface area contributed by atoms with E-state index in [-0.39, 0.29) is 11.8 Å². The minimum Gasteiger partial charge on any atom is -0.508 e. The number of hydrogen-bond acceptors (Lipinski definition) is 3. The van der Waals surface area contributed by atoms with Crippen molar-refractivity contribution in [2.75, 3.05) is 6.54 Å². The number of unbranched alkanes of at least 4 members (excludes halogenated alkanes) is 1. The van der Waals surface area contributed by atoms with E-state index in [1.807, 2.05) is 30.3 Å². The number of phenolic OH excluding ortho intramolecular Hbond substituents is 1. The molecule has 2 aromatic carbocycles. The first-order chi connectivity index (χ1) is 8.74. The van der Waals surface area contributed by atoms with Crippen LogP contribution in [0.5, 0.6) is 5.75 Å². The highest BCUT2D eigenvalue weighted by Gasteiger charge is 2.14. The summed E-state index contributed by atoms with van der Waals surface area (Å²) in [5.74, 6) is 0.286. The standard InChI is InChI=1S/C15H20N2O/c16-10-4-3-7-13(17)15-12-6-2-1-5-11(12)8-9-14(15)18/h1-2,5-6,8-9,13,18H,3-4,7,10,16-17H2/t13-/m1/s1. The smallest absolute Gasteiger partial charge is 0.120 e. The van der Waals surface area contributed by atoms with E-state index in [1.165, 1.54) is 0 Å². The molecule has 3 heteroatoms. The quantitative estimate of drug-likeness (QED) is 0.708. The van der Waals surface area contributed by atoms with Crippen LogP contribution in [0.2, 0.25) is 0 Å². The second-order valence-corrected chi connectivity index (χ2v) is 4.61. The van der Waals surface area contributed by atoms with Gasteiger partial charge in [-0.3, -0.25) is 0 Å². The highest BCUT2D eigenvalue weighted by molar-refractivity contribution is 5.88. The van der Waals surface area contributed by atoms with E-state index < -0.39 is 0 Å². The summed E-state index contributed by atoms with van der Waals surface area (Å²) in [7, 11) is 0. The topological polar surface area (TPSA) is 72.3 Å². The van der Waals surface area contributed by atoms with Crippen molar-refractivity contribution < 1.29 is 5.11 Å². The molecule has 18 heavy (non-hydrogen) atoms. The number of nitrogens with two attached hydrogens (primary N) is 2. The Morgan fingerprint density at radius 1 is 1.06 bits per heavy atom. The molecule has 5 N–H and O–H groups in total. The fourth-order valence-electron chi connectivity index (χ4n) is 2.33. The van der Waals surface area contributed by atoms with Gasteiger partial charge in [-0.05, 0) is 36.2 Å². The van der Waals surface area contributed by atoms with Gasteiger partial charge in [0, 0.05) is 11.6 Å². The molecule has 0 aromatic heterocycles. The van der Waals surface area contributed by atoms with Crippen LogP contribution in [0.1, 0.15) is 30.9 Å². The summed E-state index contributed by atoms with van der Waals surface area (Å²) < 4.78 is 0. The Labute approximate surface area is 107 Å². The number of benzene rings is 2. The van der Waals surface area contributed by atoms with Gasteiger partial charge in [-0.1, -0.05) is 36.8 Å². The molecule has 0 aliphatic heterocycles. The van der Waals surface area contributed by atoms with Crippen LogP contribution in [0.15, 0.2) is 36.4 Å². The van der Waals surface area contributed by atoms with E-state index >= 15 is 0 Å². The molecular formula is C15H20N2O. The van der Waals surface area contributed by atoms with E-state index in [1.54, 1.807) is 6.07 Å². The lowest BCUT2D eigenvalue weighted by Gasteiger charge is -2.16. The average molecular weight is 244 g/mol. The highest BCUT2D eigenvalue weighted by Crippen LogP contribution is 2.33. The fraction of sp³-hybridized carbons (Fsp3) is 0.333. The number of fused-ring (bicyclic) bond motifs is 1. The van der Waals surface area contributed by atoms with Crippen LogP contribution in [-0.4, -0.2) is 11.7 Å². The molecule has 0 radical (unpaired) electrons. The summed E-state index contributed by atoms with van der Waals surface area (Å²) in [4.78, 5) is 0. The van der Waals surface area contributed by atoms with Crippen molar-refractivity contribution in [3.63, 3.8) is 0 Å². The molecule has 1 atom stereocenters. The van der Waals surface area contributed by atoms with Gasteiger partial charge in [-0.15, -0.1) is 0 Å². The molecule has 2 aromatic rings. The van der Waals surface area contributed by atoms with Crippen molar-refractivity contribution in [2.45, 2.75) is 25.3 Å². The summed E-state index contributed by atoms with van der Waals surface area (Å²) >= 11 is 0. The monoisotopic (exact) mass is 244 g/mol. The number of phenols is 1. The molecule has 0 amide bonds. The van der Waals surface area contributed by atoms with Crippen LogP contribution in [0.25, 0.3) is 10.8 Å². The summed E-state index contributed by atoms with van der Waals surface area (Å²) in [6.45, 7) is 0.689. The molecule has 3 nitrogen and oxygen atoms in total. The van der Waals surface area contributed by atoms with Crippen LogP contribution in [-0.2, 0) is 0 Å². The zero-order chi connectivity index (χ0) is 13.0. The number of rotatable bonds is 5. The van der Waals surface area contributed by atoms with E-state index in [2.05, 4.69) is 0 Å². The van der Waals surface area contributed by atoms with Gasteiger partial charge in [-0.2, -0.15) is 0 Å². The Kier molecular flexibility index (Phi) is 4.18. The molecule has 0 saturated carbocycles. The molecular weight excluding hydrogens is 224 g/mol. The predicted octanol–water partition coefficient (Wildman–Crippen LogP) is 2.67. The second-order valence-electron chi connectivity index (χ2n) is 4.61. The molecule has 96 valence electrons. The van der Waals surface area contributed by atoms with E-state index in [9.17, 15) is 5.11 Å². The van der Waals surface area contributed by atoms with Crippen molar-refractivity contribution in [3.05, 3.63) is 42.0 Å². The van der Waals surface area contributed by atoms with Crippen LogP contribution in [0.3, 0.4) is 0 Å². The fourth-order valence-corrected chi connectivity index (χ4v) is 2.33. The van der Waals surface area contributed by atoms with Gasteiger partial charge in [0.1, 0.15) is 5.75 Å². The Hall–Kier alpha value is -1.58. The third kappa shape index (κ3) is 2.63. The molecule has 0 bridgehead atoms. The second kappa shape index (κ2) is 5.85. The third-order valence-electron chi connectivity index (χ3n) is 3.29. The lowest BCUT2D eigenvalue weighted by atomic mass is 9.95. The lowest BCUT2D eigenvalue weighted by Crippen LogP contribution is -2.12. The zero-order valence-corrected chi connectivity index (χ0v) is 10.5. The van der Waals surface area contributed by atoms with Crippen LogP contribution in [0.4, 0.5) is 0 Å². The summed E-state index contributed by atoms with van der Waals surface area (Å²) in [5, 5.41) is 12.2. The SMILES string of the molecule is NCCCC[C@@H](N)c1c(O)ccc2ccccc12. The van der Waals surface area contributed by atoms with Gasteiger partial charge in [0.05, 0.1) is 0 Å². The van der Waals surface area contributed by atoms with Crippen LogP contribution in [0, 0.1) is 0 Å². The van der Waals surface area contributed by atoms with Crippen molar-refractivity contribution in [3.8, 4) is 5.75 Å². The Balaban J connectivity index is 2.33. The molecule has 0 saturated heterocycles. The maximum absolute atomic E-state index is 10.0. The Bertz CT molecular complexity index is 525. The average Bonchev–Trinajstić information content (AvgIpc) is 2.38. The zero-order valence-electron chi connectivity index (χ0n) is 10.5. The van der Waals surface area contributed by atoms with Gasteiger partial charge in [0.15, 0.2) is 0 Å².